The van der Waals surface area contributed by atoms with E-state index in [1.54, 1.807) is 7.11 Å². The second kappa shape index (κ2) is 9.19. The lowest BCUT2D eigenvalue weighted by Crippen LogP contribution is -2.04. The first-order valence-corrected chi connectivity index (χ1v) is 8.06. The molecule has 2 aromatic rings. The zero-order valence-corrected chi connectivity index (χ0v) is 13.0. The van der Waals surface area contributed by atoms with Crippen LogP contribution in [0.25, 0.3) is 0 Å². The first-order chi connectivity index (χ1) is 10.4. The summed E-state index contributed by atoms with van der Waals surface area (Å²) in [5.74, 6) is 4.55. The Kier molecular flexibility index (Phi) is 6.81. The topological polar surface area (TPSA) is 27.7 Å². The highest BCUT2D eigenvalue weighted by molar-refractivity contribution is 7.99. The number of hydrogen-bond donors (Lipinski definition) is 0. The van der Waals surface area contributed by atoms with Crippen LogP contribution in [0.1, 0.15) is 0 Å². The lowest BCUT2D eigenvalue weighted by Gasteiger charge is -2.08. The maximum Gasteiger partial charge on any atom is 0.119 e. The van der Waals surface area contributed by atoms with Crippen LogP contribution in [-0.2, 0) is 0 Å². The van der Waals surface area contributed by atoms with Gasteiger partial charge in [-0.3, -0.25) is 0 Å². The average Bonchev–Trinajstić information content (AvgIpc) is 2.55. The summed E-state index contributed by atoms with van der Waals surface area (Å²) in [6.07, 6.45) is 0. The van der Waals surface area contributed by atoms with E-state index < -0.39 is 0 Å². The Morgan fingerprint density at radius 2 is 1.24 bits per heavy atom. The minimum absolute atomic E-state index is 0.697. The van der Waals surface area contributed by atoms with Gasteiger partial charge in [0.15, 0.2) is 0 Å². The van der Waals surface area contributed by atoms with Gasteiger partial charge in [0, 0.05) is 11.5 Å². The lowest BCUT2D eigenvalue weighted by atomic mass is 10.3. The molecule has 0 heterocycles. The van der Waals surface area contributed by atoms with Crippen molar-refractivity contribution in [2.75, 3.05) is 31.8 Å². The maximum atomic E-state index is 5.65. The molecule has 4 heteroatoms. The molecule has 0 fully saturated rings. The highest BCUT2D eigenvalue weighted by atomic mass is 32.2. The predicted molar refractivity (Wildman–Crippen MR) is 87.8 cm³/mol. The highest BCUT2D eigenvalue weighted by Crippen LogP contribution is 2.17. The van der Waals surface area contributed by atoms with E-state index in [4.69, 9.17) is 14.2 Å². The van der Waals surface area contributed by atoms with Gasteiger partial charge >= 0.3 is 0 Å². The molecular weight excluding hydrogens is 284 g/mol. The molecule has 2 rings (SSSR count). The van der Waals surface area contributed by atoms with Crippen LogP contribution in [-0.4, -0.2) is 31.8 Å². The van der Waals surface area contributed by atoms with E-state index in [0.29, 0.717) is 6.61 Å². The molecule has 3 nitrogen and oxygen atoms in total. The third-order valence-corrected chi connectivity index (χ3v) is 3.71. The standard InChI is InChI=1S/C17H20O3S/c1-18-15-7-9-17(10-8-15)20-12-14-21-13-11-19-16-5-3-2-4-6-16/h2-10H,11-14H2,1H3. The van der Waals surface area contributed by atoms with Gasteiger partial charge in [0.25, 0.3) is 0 Å². The van der Waals surface area contributed by atoms with Crippen molar-refractivity contribution in [2.45, 2.75) is 0 Å². The summed E-state index contributed by atoms with van der Waals surface area (Å²) in [5, 5.41) is 0. The van der Waals surface area contributed by atoms with Crippen molar-refractivity contribution in [3.8, 4) is 17.2 Å². The number of rotatable bonds is 9. The molecule has 0 atom stereocenters. The van der Waals surface area contributed by atoms with Crippen LogP contribution in [0.3, 0.4) is 0 Å². The van der Waals surface area contributed by atoms with Gasteiger partial charge in [-0.1, -0.05) is 18.2 Å². The number of benzene rings is 2. The van der Waals surface area contributed by atoms with Crippen molar-refractivity contribution >= 4 is 11.8 Å². The molecule has 0 spiro atoms. The predicted octanol–water partition coefficient (Wildman–Crippen LogP) is 3.89. The SMILES string of the molecule is COc1ccc(OCCSCCOc2ccccc2)cc1. The Morgan fingerprint density at radius 1 is 0.714 bits per heavy atom. The third kappa shape index (κ3) is 6.00. The molecule has 0 aliphatic rings. The first kappa shape index (κ1) is 15.6. The summed E-state index contributed by atoms with van der Waals surface area (Å²) in [6, 6.07) is 17.5. The van der Waals surface area contributed by atoms with Crippen molar-refractivity contribution in [3.63, 3.8) is 0 Å². The lowest BCUT2D eigenvalue weighted by molar-refractivity contribution is 0.338. The fourth-order valence-electron chi connectivity index (χ4n) is 1.73. The zero-order chi connectivity index (χ0) is 14.8. The molecular formula is C17H20O3S. The van der Waals surface area contributed by atoms with Crippen LogP contribution in [0.4, 0.5) is 0 Å². The van der Waals surface area contributed by atoms with Gasteiger partial charge in [-0.15, -0.1) is 0 Å². The zero-order valence-electron chi connectivity index (χ0n) is 12.2. The monoisotopic (exact) mass is 304 g/mol. The number of para-hydroxylation sites is 1. The molecule has 0 N–H and O–H groups in total. The molecule has 21 heavy (non-hydrogen) atoms. The van der Waals surface area contributed by atoms with Crippen molar-refractivity contribution < 1.29 is 14.2 Å². The molecule has 0 aliphatic heterocycles. The minimum atomic E-state index is 0.697. The first-order valence-electron chi connectivity index (χ1n) is 6.91. The van der Waals surface area contributed by atoms with Crippen molar-refractivity contribution in [1.82, 2.24) is 0 Å². The van der Waals surface area contributed by atoms with Gasteiger partial charge in [0.1, 0.15) is 17.2 Å². The molecule has 0 unspecified atom stereocenters. The van der Waals surface area contributed by atoms with Crippen LogP contribution < -0.4 is 14.2 Å². The fraction of sp³-hybridized carbons (Fsp3) is 0.294. The largest absolute Gasteiger partial charge is 0.497 e. The Hall–Kier alpha value is -1.81. The van der Waals surface area contributed by atoms with Gasteiger partial charge in [-0.25, -0.2) is 0 Å². The second-order valence-corrected chi connectivity index (χ2v) is 5.52. The van der Waals surface area contributed by atoms with Crippen molar-refractivity contribution in [2.24, 2.45) is 0 Å². The van der Waals surface area contributed by atoms with Gasteiger partial charge in [0.05, 0.1) is 20.3 Å². The summed E-state index contributed by atoms with van der Waals surface area (Å²) in [5.41, 5.74) is 0. The second-order valence-electron chi connectivity index (χ2n) is 4.30. The Bertz CT molecular complexity index is 499. The number of methoxy groups -OCH3 is 1. The van der Waals surface area contributed by atoms with E-state index in [2.05, 4.69) is 0 Å². The maximum absolute atomic E-state index is 5.65. The van der Waals surface area contributed by atoms with Crippen molar-refractivity contribution in [1.29, 1.82) is 0 Å². The van der Waals surface area contributed by atoms with Gasteiger partial charge in [-0.2, -0.15) is 11.8 Å². The summed E-state index contributed by atoms with van der Waals surface area (Å²) < 4.78 is 16.4. The van der Waals surface area contributed by atoms with Crippen LogP contribution in [0, 0.1) is 0 Å². The Labute approximate surface area is 130 Å². The van der Waals surface area contributed by atoms with Gasteiger partial charge in [-0.05, 0) is 36.4 Å². The number of ether oxygens (including phenoxy) is 3. The molecule has 0 bridgehead atoms. The normalized spacial score (nSPS) is 10.1. The Balaban J connectivity index is 1.51. The van der Waals surface area contributed by atoms with Crippen LogP contribution in [0.2, 0.25) is 0 Å². The average molecular weight is 304 g/mol. The van der Waals surface area contributed by atoms with E-state index in [0.717, 1.165) is 35.4 Å². The van der Waals surface area contributed by atoms with E-state index >= 15 is 0 Å². The molecule has 0 radical (unpaired) electrons. The number of hydrogen-bond acceptors (Lipinski definition) is 4. The summed E-state index contributed by atoms with van der Waals surface area (Å²) in [7, 11) is 1.66. The van der Waals surface area contributed by atoms with Gasteiger partial charge in [0.2, 0.25) is 0 Å². The molecule has 2 aromatic carbocycles. The molecule has 0 saturated carbocycles. The van der Waals surface area contributed by atoms with Gasteiger partial charge < -0.3 is 14.2 Å². The summed E-state index contributed by atoms with van der Waals surface area (Å²) in [4.78, 5) is 0. The van der Waals surface area contributed by atoms with Crippen LogP contribution in [0.15, 0.2) is 54.6 Å². The summed E-state index contributed by atoms with van der Waals surface area (Å²) >= 11 is 1.82. The highest BCUT2D eigenvalue weighted by Gasteiger charge is 1.96. The molecule has 0 saturated heterocycles. The quantitative estimate of drug-likeness (QED) is 0.657. The minimum Gasteiger partial charge on any atom is -0.497 e. The van der Waals surface area contributed by atoms with Crippen LogP contribution >= 0.6 is 11.8 Å². The summed E-state index contributed by atoms with van der Waals surface area (Å²) in [6.45, 7) is 1.42. The molecule has 112 valence electrons. The van der Waals surface area contributed by atoms with Crippen molar-refractivity contribution in [3.05, 3.63) is 54.6 Å². The van der Waals surface area contributed by atoms with E-state index in [9.17, 15) is 0 Å². The number of thioether (sulfide) groups is 1. The molecule has 0 aliphatic carbocycles. The molecule has 0 amide bonds. The van der Waals surface area contributed by atoms with E-state index in [-0.39, 0.29) is 0 Å². The van der Waals surface area contributed by atoms with Crippen LogP contribution in [0.5, 0.6) is 17.2 Å². The smallest absolute Gasteiger partial charge is 0.119 e. The molecule has 0 aromatic heterocycles. The van der Waals surface area contributed by atoms with E-state index in [1.165, 1.54) is 0 Å². The van der Waals surface area contributed by atoms with E-state index in [1.807, 2.05) is 66.4 Å². The Morgan fingerprint density at radius 3 is 1.81 bits per heavy atom. The third-order valence-electron chi connectivity index (χ3n) is 2.80. The fourth-order valence-corrected chi connectivity index (χ4v) is 2.33.